The zero-order chi connectivity index (χ0) is 18.8. The van der Waals surface area contributed by atoms with E-state index in [1.807, 2.05) is 42.5 Å². The predicted octanol–water partition coefficient (Wildman–Crippen LogP) is 4.99. The molecule has 4 nitrogen and oxygen atoms in total. The van der Waals surface area contributed by atoms with E-state index in [4.69, 9.17) is 14.2 Å². The summed E-state index contributed by atoms with van der Waals surface area (Å²) in [5.74, 6) is 1.54. The van der Waals surface area contributed by atoms with Gasteiger partial charge >= 0.3 is 0 Å². The maximum absolute atomic E-state index is 12.8. The summed E-state index contributed by atoms with van der Waals surface area (Å²) in [6.07, 6.45) is 1.74. The molecule has 1 aliphatic heterocycles. The molecule has 0 aromatic heterocycles. The van der Waals surface area contributed by atoms with Crippen molar-refractivity contribution in [1.82, 2.24) is 0 Å². The number of ether oxygens (including phenoxy) is 3. The monoisotopic (exact) mass is 358 g/mol. The lowest BCUT2D eigenvalue weighted by molar-refractivity contribution is 0.101. The van der Waals surface area contributed by atoms with E-state index in [0.717, 1.165) is 16.7 Å². The normalized spacial score (nSPS) is 14.0. The van der Waals surface area contributed by atoms with Gasteiger partial charge in [0.25, 0.3) is 0 Å². The van der Waals surface area contributed by atoms with E-state index in [1.54, 1.807) is 25.3 Å². The maximum atomic E-state index is 12.8. The first-order valence-electron chi connectivity index (χ1n) is 8.55. The van der Waals surface area contributed by atoms with Crippen LogP contribution in [0, 0.1) is 0 Å². The van der Waals surface area contributed by atoms with Crippen molar-refractivity contribution in [3.8, 4) is 28.4 Å². The van der Waals surface area contributed by atoms with Crippen molar-refractivity contribution in [3.05, 3.63) is 83.6 Å². The number of hydrogen-bond donors (Lipinski definition) is 0. The molecule has 4 rings (SSSR count). The number of hydrogen-bond acceptors (Lipinski definition) is 4. The Hall–Kier alpha value is -3.53. The third kappa shape index (κ3) is 3.17. The van der Waals surface area contributed by atoms with Crippen LogP contribution in [0.1, 0.15) is 15.9 Å². The Morgan fingerprint density at radius 2 is 1.56 bits per heavy atom. The van der Waals surface area contributed by atoms with Crippen LogP contribution in [-0.4, -0.2) is 20.0 Å². The molecule has 0 spiro atoms. The summed E-state index contributed by atoms with van der Waals surface area (Å²) in [5, 5.41) is 0. The molecule has 27 heavy (non-hydrogen) atoms. The number of Topliss-reactive ketones (excluding diaryl/α,β-unsaturated/α-hetero) is 1. The fourth-order valence-corrected chi connectivity index (χ4v) is 3.09. The van der Waals surface area contributed by atoms with E-state index in [9.17, 15) is 4.79 Å². The number of ketones is 1. The lowest BCUT2D eigenvalue weighted by Gasteiger charge is -2.07. The van der Waals surface area contributed by atoms with Gasteiger partial charge < -0.3 is 14.2 Å². The van der Waals surface area contributed by atoms with Gasteiger partial charge in [-0.3, -0.25) is 4.79 Å². The van der Waals surface area contributed by atoms with E-state index in [2.05, 4.69) is 12.1 Å². The highest BCUT2D eigenvalue weighted by atomic mass is 16.5. The zero-order valence-corrected chi connectivity index (χ0v) is 15.1. The number of carbonyl (C=O) groups is 1. The molecule has 0 radical (unpaired) electrons. The summed E-state index contributed by atoms with van der Waals surface area (Å²) in [5.41, 5.74) is 3.57. The number of rotatable bonds is 4. The van der Waals surface area contributed by atoms with Gasteiger partial charge in [-0.1, -0.05) is 54.6 Å². The first-order chi connectivity index (χ1) is 13.2. The van der Waals surface area contributed by atoms with Crippen LogP contribution in [0.15, 0.2) is 72.5 Å². The summed E-state index contributed by atoms with van der Waals surface area (Å²) < 4.78 is 16.3. The van der Waals surface area contributed by atoms with Gasteiger partial charge in [0.1, 0.15) is 22.8 Å². The number of methoxy groups -OCH3 is 2. The lowest BCUT2D eigenvalue weighted by Crippen LogP contribution is -2.00. The van der Waals surface area contributed by atoms with Crippen molar-refractivity contribution in [2.45, 2.75) is 0 Å². The van der Waals surface area contributed by atoms with Gasteiger partial charge in [-0.15, -0.1) is 0 Å². The van der Waals surface area contributed by atoms with Crippen molar-refractivity contribution >= 4 is 11.9 Å². The van der Waals surface area contributed by atoms with Gasteiger partial charge in [-0.25, -0.2) is 0 Å². The first kappa shape index (κ1) is 16.9. The highest BCUT2D eigenvalue weighted by Gasteiger charge is 2.32. The second-order valence-electron chi connectivity index (χ2n) is 6.13. The molecule has 4 heteroatoms. The Kier molecular flexibility index (Phi) is 4.38. The molecule has 0 saturated carbocycles. The first-order valence-corrected chi connectivity index (χ1v) is 8.55. The zero-order valence-electron chi connectivity index (χ0n) is 15.1. The topological polar surface area (TPSA) is 44.8 Å². The van der Waals surface area contributed by atoms with Crippen LogP contribution in [0.5, 0.6) is 17.2 Å². The molecule has 134 valence electrons. The number of allylic oxidation sites excluding steroid dienone is 1. The van der Waals surface area contributed by atoms with Crippen LogP contribution in [-0.2, 0) is 0 Å². The van der Waals surface area contributed by atoms with Gasteiger partial charge in [-0.05, 0) is 22.8 Å². The lowest BCUT2D eigenvalue weighted by atomic mass is 10.0. The van der Waals surface area contributed by atoms with E-state index < -0.39 is 0 Å². The fourth-order valence-electron chi connectivity index (χ4n) is 3.09. The van der Waals surface area contributed by atoms with E-state index in [1.165, 1.54) is 7.11 Å². The maximum Gasteiger partial charge on any atom is 0.235 e. The minimum Gasteiger partial charge on any atom is -0.496 e. The van der Waals surface area contributed by atoms with Gasteiger partial charge in [0, 0.05) is 12.1 Å². The molecule has 0 saturated heterocycles. The molecule has 0 N–H and O–H groups in total. The minimum atomic E-state index is -0.198. The Morgan fingerprint density at radius 1 is 0.852 bits per heavy atom. The Bertz CT molecular complexity index is 1020. The molecule has 0 unspecified atom stereocenters. The molecule has 0 bridgehead atoms. The molecule has 3 aromatic rings. The summed E-state index contributed by atoms with van der Waals surface area (Å²) >= 11 is 0. The van der Waals surface area contributed by atoms with E-state index in [0.29, 0.717) is 22.8 Å². The predicted molar refractivity (Wildman–Crippen MR) is 104 cm³/mol. The summed E-state index contributed by atoms with van der Waals surface area (Å²) in [6.45, 7) is 0. The largest absolute Gasteiger partial charge is 0.496 e. The molecular formula is C23H18O4. The van der Waals surface area contributed by atoms with E-state index in [-0.39, 0.29) is 11.5 Å². The van der Waals surface area contributed by atoms with Crippen LogP contribution >= 0.6 is 0 Å². The molecule has 3 aromatic carbocycles. The smallest absolute Gasteiger partial charge is 0.235 e. The Balaban J connectivity index is 1.64. The van der Waals surface area contributed by atoms with Crippen molar-refractivity contribution in [3.63, 3.8) is 0 Å². The summed E-state index contributed by atoms with van der Waals surface area (Å²) in [7, 11) is 3.08. The van der Waals surface area contributed by atoms with Crippen molar-refractivity contribution in [2.75, 3.05) is 14.2 Å². The van der Waals surface area contributed by atoms with Gasteiger partial charge in [0.15, 0.2) is 5.76 Å². The van der Waals surface area contributed by atoms with Crippen LogP contribution < -0.4 is 14.2 Å². The standard InChI is InChI=1S/C23H18O4/c1-25-18-13-19(26-2)22-20(14-18)27-21(23(22)24)12-15-8-10-17(11-9-15)16-6-4-3-5-7-16/h3-14H,1-2H3/b21-12-. The third-order valence-corrected chi connectivity index (χ3v) is 4.48. The van der Waals surface area contributed by atoms with Gasteiger partial charge in [0.05, 0.1) is 14.2 Å². The van der Waals surface area contributed by atoms with Crippen LogP contribution in [0.2, 0.25) is 0 Å². The average Bonchev–Trinajstić information content (AvgIpc) is 3.04. The Labute approximate surface area is 157 Å². The quantitative estimate of drug-likeness (QED) is 0.617. The highest BCUT2D eigenvalue weighted by molar-refractivity contribution is 6.16. The Morgan fingerprint density at radius 3 is 2.22 bits per heavy atom. The molecule has 0 fully saturated rings. The van der Waals surface area contributed by atoms with E-state index >= 15 is 0 Å². The second kappa shape index (κ2) is 7.00. The number of carbonyl (C=O) groups excluding carboxylic acids is 1. The third-order valence-electron chi connectivity index (χ3n) is 4.48. The van der Waals surface area contributed by atoms with Crippen LogP contribution in [0.4, 0.5) is 0 Å². The van der Waals surface area contributed by atoms with Crippen molar-refractivity contribution < 1.29 is 19.0 Å². The molecular weight excluding hydrogens is 340 g/mol. The van der Waals surface area contributed by atoms with Gasteiger partial charge in [-0.2, -0.15) is 0 Å². The average molecular weight is 358 g/mol. The van der Waals surface area contributed by atoms with Crippen LogP contribution in [0.25, 0.3) is 17.2 Å². The highest BCUT2D eigenvalue weighted by Crippen LogP contribution is 2.41. The molecule has 0 amide bonds. The minimum absolute atomic E-state index is 0.198. The number of benzene rings is 3. The van der Waals surface area contributed by atoms with Crippen molar-refractivity contribution in [1.29, 1.82) is 0 Å². The molecule has 1 aliphatic rings. The second-order valence-corrected chi connectivity index (χ2v) is 6.13. The number of fused-ring (bicyclic) bond motifs is 1. The fraction of sp³-hybridized carbons (Fsp3) is 0.0870. The van der Waals surface area contributed by atoms with Crippen LogP contribution in [0.3, 0.4) is 0 Å². The van der Waals surface area contributed by atoms with Crippen molar-refractivity contribution in [2.24, 2.45) is 0 Å². The summed E-state index contributed by atoms with van der Waals surface area (Å²) in [6, 6.07) is 21.5. The molecule has 1 heterocycles. The van der Waals surface area contributed by atoms with Gasteiger partial charge in [0.2, 0.25) is 5.78 Å². The SMILES string of the molecule is COc1cc(OC)c2c(c1)O/C(=C\c1ccc(-c3ccccc3)cc1)C2=O. The summed E-state index contributed by atoms with van der Waals surface area (Å²) in [4.78, 5) is 12.8. The molecule has 0 atom stereocenters. The molecule has 0 aliphatic carbocycles.